The summed E-state index contributed by atoms with van der Waals surface area (Å²) in [5.74, 6) is -0.856. The highest BCUT2D eigenvalue weighted by molar-refractivity contribution is 5.74. The lowest BCUT2D eigenvalue weighted by Crippen LogP contribution is -2.37. The second kappa shape index (κ2) is 7.95. The Bertz CT molecular complexity index is 466. The van der Waals surface area contributed by atoms with Crippen LogP contribution in [0.5, 0.6) is 5.88 Å². The number of ether oxygens (including phenoxy) is 1. The van der Waals surface area contributed by atoms with Crippen LogP contribution in [0.4, 0.5) is 4.79 Å². The van der Waals surface area contributed by atoms with E-state index in [1.54, 1.807) is 18.3 Å². The summed E-state index contributed by atoms with van der Waals surface area (Å²) < 4.78 is 4.95. The number of carbonyl (C=O) groups excluding carboxylic acids is 1. The minimum absolute atomic E-state index is 0.0498. The van der Waals surface area contributed by atoms with Crippen LogP contribution in [-0.2, 0) is 11.3 Å². The van der Waals surface area contributed by atoms with Crippen LogP contribution in [0.25, 0.3) is 0 Å². The molecule has 8 nitrogen and oxygen atoms in total. The summed E-state index contributed by atoms with van der Waals surface area (Å²) in [5, 5.41) is 22.5. The van der Waals surface area contributed by atoms with Crippen molar-refractivity contribution in [2.45, 2.75) is 19.1 Å². The Morgan fingerprint density at radius 2 is 2.20 bits per heavy atom. The first-order valence-electron chi connectivity index (χ1n) is 5.94. The number of pyridine rings is 1. The molecule has 2 amide bonds. The molecule has 0 aliphatic heterocycles. The predicted octanol–water partition coefficient (Wildman–Crippen LogP) is -0.275. The van der Waals surface area contributed by atoms with E-state index in [4.69, 9.17) is 14.9 Å². The van der Waals surface area contributed by atoms with Crippen molar-refractivity contribution in [3.63, 3.8) is 0 Å². The Morgan fingerprint density at radius 3 is 2.85 bits per heavy atom. The van der Waals surface area contributed by atoms with Gasteiger partial charge in [0.1, 0.15) is 0 Å². The number of methoxy groups -OCH3 is 1. The molecule has 0 aliphatic rings. The first kappa shape index (κ1) is 15.7. The Balaban J connectivity index is 2.27. The number of nitrogens with zero attached hydrogens (tertiary/aromatic N) is 1. The van der Waals surface area contributed by atoms with E-state index >= 15 is 0 Å². The Kier molecular flexibility index (Phi) is 6.24. The van der Waals surface area contributed by atoms with Gasteiger partial charge in [-0.1, -0.05) is 0 Å². The number of urea groups is 1. The van der Waals surface area contributed by atoms with E-state index in [0.717, 1.165) is 5.56 Å². The number of hydrogen-bond acceptors (Lipinski definition) is 5. The molecule has 0 unspecified atom stereocenters. The van der Waals surface area contributed by atoms with Crippen molar-refractivity contribution in [2.75, 3.05) is 13.7 Å². The van der Waals surface area contributed by atoms with Gasteiger partial charge in [0, 0.05) is 31.8 Å². The van der Waals surface area contributed by atoms with Crippen LogP contribution in [0.3, 0.4) is 0 Å². The van der Waals surface area contributed by atoms with Crippen LogP contribution >= 0.6 is 0 Å². The van der Waals surface area contributed by atoms with E-state index in [9.17, 15) is 9.59 Å². The van der Waals surface area contributed by atoms with Gasteiger partial charge in [0.25, 0.3) is 0 Å². The third-order valence-electron chi connectivity index (χ3n) is 2.45. The van der Waals surface area contributed by atoms with Gasteiger partial charge in [-0.05, 0) is 11.6 Å². The molecule has 1 atom stereocenters. The number of nitrogens with one attached hydrogen (secondary N) is 2. The molecule has 110 valence electrons. The Morgan fingerprint density at radius 1 is 1.45 bits per heavy atom. The fourth-order valence-corrected chi connectivity index (χ4v) is 1.36. The van der Waals surface area contributed by atoms with E-state index in [1.165, 1.54) is 7.11 Å². The highest BCUT2D eigenvalue weighted by atomic mass is 16.5. The van der Waals surface area contributed by atoms with E-state index in [2.05, 4.69) is 15.6 Å². The number of aliphatic hydroxyl groups is 1. The second-order valence-corrected chi connectivity index (χ2v) is 3.96. The summed E-state index contributed by atoms with van der Waals surface area (Å²) in [6, 6.07) is 2.98. The van der Waals surface area contributed by atoms with E-state index in [-0.39, 0.29) is 19.5 Å². The summed E-state index contributed by atoms with van der Waals surface area (Å²) in [7, 11) is 1.50. The number of hydrogen-bond donors (Lipinski definition) is 4. The number of carboxylic acid groups (broad SMARTS) is 1. The van der Waals surface area contributed by atoms with Gasteiger partial charge in [-0.2, -0.15) is 0 Å². The number of rotatable bonds is 7. The van der Waals surface area contributed by atoms with Crippen molar-refractivity contribution in [2.24, 2.45) is 0 Å². The van der Waals surface area contributed by atoms with Crippen LogP contribution in [0.15, 0.2) is 18.3 Å². The zero-order chi connectivity index (χ0) is 15.0. The molecular weight excluding hydrogens is 266 g/mol. The molecule has 0 saturated carbocycles. The largest absolute Gasteiger partial charge is 0.481 e. The second-order valence-electron chi connectivity index (χ2n) is 3.96. The summed E-state index contributed by atoms with van der Waals surface area (Å²) in [6.45, 7) is 0.352. The van der Waals surface area contributed by atoms with E-state index in [1.807, 2.05) is 0 Å². The van der Waals surface area contributed by atoms with Crippen LogP contribution < -0.4 is 15.4 Å². The van der Waals surface area contributed by atoms with Gasteiger partial charge in [0.05, 0.1) is 7.11 Å². The maximum Gasteiger partial charge on any atom is 0.332 e. The zero-order valence-corrected chi connectivity index (χ0v) is 11.0. The molecular formula is C12H17N3O5. The van der Waals surface area contributed by atoms with Gasteiger partial charge < -0.3 is 25.6 Å². The van der Waals surface area contributed by atoms with Crippen molar-refractivity contribution in [1.82, 2.24) is 15.6 Å². The van der Waals surface area contributed by atoms with Gasteiger partial charge in [-0.25, -0.2) is 14.6 Å². The number of aromatic nitrogens is 1. The smallest absolute Gasteiger partial charge is 0.332 e. The molecule has 1 rings (SSSR count). The van der Waals surface area contributed by atoms with E-state index in [0.29, 0.717) is 5.88 Å². The van der Waals surface area contributed by atoms with Gasteiger partial charge in [-0.15, -0.1) is 0 Å². The Labute approximate surface area is 115 Å². The molecule has 1 heterocycles. The summed E-state index contributed by atoms with van der Waals surface area (Å²) in [5.41, 5.74) is 0.817. The minimum atomic E-state index is -1.47. The molecule has 1 aromatic heterocycles. The molecule has 0 bridgehead atoms. The highest BCUT2D eigenvalue weighted by Gasteiger charge is 2.12. The molecule has 0 spiro atoms. The Hall–Kier alpha value is -2.35. The van der Waals surface area contributed by atoms with Crippen LogP contribution in [0.1, 0.15) is 12.0 Å². The first-order valence-corrected chi connectivity index (χ1v) is 5.94. The van der Waals surface area contributed by atoms with Crippen molar-refractivity contribution >= 4 is 12.0 Å². The topological polar surface area (TPSA) is 121 Å². The van der Waals surface area contributed by atoms with Crippen molar-refractivity contribution in [3.05, 3.63) is 23.9 Å². The molecule has 0 fully saturated rings. The minimum Gasteiger partial charge on any atom is -0.481 e. The van der Waals surface area contributed by atoms with Crippen LogP contribution in [0.2, 0.25) is 0 Å². The monoisotopic (exact) mass is 283 g/mol. The zero-order valence-electron chi connectivity index (χ0n) is 11.0. The number of amides is 2. The standard InChI is InChI=1S/C12H17N3O5/c1-20-10-6-8(2-4-13-10)7-15-12(19)14-5-3-9(16)11(17)18/h2,4,6,9,16H,3,5,7H2,1H3,(H,17,18)(H2,14,15,19)/t9-/m0/s1. The molecule has 0 aliphatic carbocycles. The van der Waals surface area contributed by atoms with Crippen LogP contribution in [-0.4, -0.2) is 47.0 Å². The molecule has 1 aromatic rings. The summed E-state index contributed by atoms with van der Waals surface area (Å²) >= 11 is 0. The maximum absolute atomic E-state index is 11.4. The average Bonchev–Trinajstić information content (AvgIpc) is 2.45. The molecule has 0 radical (unpaired) electrons. The normalized spacial score (nSPS) is 11.5. The highest BCUT2D eigenvalue weighted by Crippen LogP contribution is 2.07. The van der Waals surface area contributed by atoms with Crippen LogP contribution in [0, 0.1) is 0 Å². The quantitative estimate of drug-likeness (QED) is 0.546. The summed E-state index contributed by atoms with van der Waals surface area (Å²) in [6.07, 6.45) is 0.0442. The molecule has 8 heteroatoms. The van der Waals surface area contributed by atoms with Crippen molar-refractivity contribution in [1.29, 1.82) is 0 Å². The van der Waals surface area contributed by atoms with Gasteiger partial charge in [-0.3, -0.25) is 0 Å². The van der Waals surface area contributed by atoms with Crippen molar-refractivity contribution in [3.8, 4) is 5.88 Å². The fourth-order valence-electron chi connectivity index (χ4n) is 1.36. The summed E-state index contributed by atoms with van der Waals surface area (Å²) in [4.78, 5) is 25.7. The lowest BCUT2D eigenvalue weighted by molar-refractivity contribution is -0.146. The third kappa shape index (κ3) is 5.53. The number of carboxylic acids is 1. The maximum atomic E-state index is 11.4. The lowest BCUT2D eigenvalue weighted by atomic mass is 10.2. The predicted molar refractivity (Wildman–Crippen MR) is 69.3 cm³/mol. The molecule has 0 aromatic carbocycles. The first-order chi connectivity index (χ1) is 9.52. The van der Waals surface area contributed by atoms with Gasteiger partial charge in [0.2, 0.25) is 5.88 Å². The average molecular weight is 283 g/mol. The van der Waals surface area contributed by atoms with E-state index < -0.39 is 18.1 Å². The SMILES string of the molecule is COc1cc(CNC(=O)NCC[C@H](O)C(=O)O)ccn1. The molecule has 4 N–H and O–H groups in total. The number of carbonyl (C=O) groups is 2. The fraction of sp³-hybridized carbons (Fsp3) is 0.417. The van der Waals surface area contributed by atoms with Gasteiger partial charge in [0.15, 0.2) is 6.10 Å². The molecule has 0 saturated heterocycles. The molecule has 20 heavy (non-hydrogen) atoms. The van der Waals surface area contributed by atoms with Crippen molar-refractivity contribution < 1.29 is 24.5 Å². The number of aliphatic hydroxyl groups excluding tert-OH is 1. The third-order valence-corrected chi connectivity index (χ3v) is 2.45. The lowest BCUT2D eigenvalue weighted by Gasteiger charge is -2.09. The number of aliphatic carboxylic acids is 1. The van der Waals surface area contributed by atoms with Gasteiger partial charge >= 0.3 is 12.0 Å².